The molecule has 0 spiro atoms. The summed E-state index contributed by atoms with van der Waals surface area (Å²) in [4.78, 5) is 2.56. The third kappa shape index (κ3) is 4.25. The Balaban J connectivity index is 2.84. The van der Waals surface area contributed by atoms with Crippen LogP contribution in [0, 0.1) is 0 Å². The van der Waals surface area contributed by atoms with Crippen molar-refractivity contribution in [3.63, 3.8) is 0 Å². The fourth-order valence-electron chi connectivity index (χ4n) is 1.67. The maximum atomic E-state index is 5.64. The van der Waals surface area contributed by atoms with Gasteiger partial charge >= 0.3 is 0 Å². The van der Waals surface area contributed by atoms with E-state index >= 15 is 0 Å². The average Bonchev–Trinajstić information content (AvgIpc) is 2.36. The second kappa shape index (κ2) is 7.31. The summed E-state index contributed by atoms with van der Waals surface area (Å²) in [5.41, 5.74) is 7.57. The summed E-state index contributed by atoms with van der Waals surface area (Å²) in [7, 11) is 5.39. The molecule has 0 saturated heterocycles. The zero-order valence-corrected chi connectivity index (χ0v) is 11.9. The predicted octanol–water partition coefficient (Wildman–Crippen LogP) is 1.41. The lowest BCUT2D eigenvalue weighted by atomic mass is 10.1. The summed E-state index contributed by atoms with van der Waals surface area (Å²) in [6.07, 6.45) is 0. The summed E-state index contributed by atoms with van der Waals surface area (Å²) in [5.74, 6) is 0.847. The molecule has 0 aliphatic carbocycles. The number of ether oxygens (including phenoxy) is 2. The lowest BCUT2D eigenvalue weighted by Crippen LogP contribution is -2.23. The van der Waals surface area contributed by atoms with E-state index in [-0.39, 0.29) is 0 Å². The van der Waals surface area contributed by atoms with Gasteiger partial charge in [-0.3, -0.25) is 4.90 Å². The van der Waals surface area contributed by atoms with Gasteiger partial charge in [-0.15, -0.1) is 0 Å². The molecule has 1 aromatic carbocycles. The van der Waals surface area contributed by atoms with E-state index in [1.165, 1.54) is 0 Å². The summed E-state index contributed by atoms with van der Waals surface area (Å²) in [6, 6.07) is 5.75. The Hall–Kier alpha value is -1.17. The van der Waals surface area contributed by atoms with Crippen LogP contribution in [0.1, 0.15) is 11.1 Å². The maximum Gasteiger partial charge on any atom is 0.123 e. The fraction of sp³-hybridized carbons (Fsp3) is 0.462. The Morgan fingerprint density at radius 1 is 1.39 bits per heavy atom. The smallest absolute Gasteiger partial charge is 0.123 e. The van der Waals surface area contributed by atoms with Crippen LogP contribution in [0.4, 0.5) is 0 Å². The van der Waals surface area contributed by atoms with Crippen LogP contribution >= 0.6 is 12.2 Å². The minimum Gasteiger partial charge on any atom is -0.496 e. The van der Waals surface area contributed by atoms with E-state index in [0.29, 0.717) is 11.6 Å². The summed E-state index contributed by atoms with van der Waals surface area (Å²) in [6.45, 7) is 2.33. The zero-order valence-electron chi connectivity index (χ0n) is 11.1. The van der Waals surface area contributed by atoms with Crippen molar-refractivity contribution in [2.45, 2.75) is 6.54 Å². The quantitative estimate of drug-likeness (QED) is 0.758. The maximum absolute atomic E-state index is 5.64. The number of thiocarbonyl (C=S) groups is 1. The molecule has 0 aliphatic rings. The van der Waals surface area contributed by atoms with Gasteiger partial charge < -0.3 is 15.2 Å². The Morgan fingerprint density at radius 3 is 2.67 bits per heavy atom. The van der Waals surface area contributed by atoms with Gasteiger partial charge in [-0.05, 0) is 25.2 Å². The van der Waals surface area contributed by atoms with E-state index in [9.17, 15) is 0 Å². The molecular formula is C13H20N2O2S. The standard InChI is InChI=1S/C13H20N2O2S/c1-15(6-7-16-2)9-11-8-10(13(14)18)4-5-12(11)17-3/h4-5,8H,6-7,9H2,1-3H3,(H2,14,18). The number of hydrogen-bond acceptors (Lipinski definition) is 4. The van der Waals surface area contributed by atoms with Gasteiger partial charge in [-0.2, -0.15) is 0 Å². The van der Waals surface area contributed by atoms with Crippen LogP contribution in [-0.4, -0.2) is 44.3 Å². The first-order chi connectivity index (χ1) is 8.58. The summed E-state index contributed by atoms with van der Waals surface area (Å²) in [5, 5.41) is 0. The second-order valence-corrected chi connectivity index (χ2v) is 4.56. The molecule has 0 fully saturated rings. The van der Waals surface area contributed by atoms with E-state index in [0.717, 1.165) is 30.0 Å². The van der Waals surface area contributed by atoms with Crippen LogP contribution in [-0.2, 0) is 11.3 Å². The summed E-state index contributed by atoms with van der Waals surface area (Å²) >= 11 is 4.99. The molecular weight excluding hydrogens is 248 g/mol. The van der Waals surface area contributed by atoms with Crippen LogP contribution in [0.3, 0.4) is 0 Å². The number of benzene rings is 1. The van der Waals surface area contributed by atoms with Gasteiger partial charge in [-0.25, -0.2) is 0 Å². The number of nitrogens with zero attached hydrogens (tertiary/aromatic N) is 1. The fourth-order valence-corrected chi connectivity index (χ4v) is 1.80. The van der Waals surface area contributed by atoms with E-state index in [1.54, 1.807) is 14.2 Å². The number of rotatable bonds is 7. The lowest BCUT2D eigenvalue weighted by Gasteiger charge is -2.18. The Bertz CT molecular complexity index is 410. The van der Waals surface area contributed by atoms with Gasteiger partial charge in [0.1, 0.15) is 10.7 Å². The van der Waals surface area contributed by atoms with Crippen molar-refractivity contribution in [2.75, 3.05) is 34.4 Å². The molecule has 5 heteroatoms. The number of hydrogen-bond donors (Lipinski definition) is 1. The molecule has 1 aromatic rings. The molecule has 1 rings (SSSR count). The molecule has 18 heavy (non-hydrogen) atoms. The van der Waals surface area contributed by atoms with E-state index in [2.05, 4.69) is 4.90 Å². The van der Waals surface area contributed by atoms with Crippen molar-refractivity contribution in [2.24, 2.45) is 5.73 Å². The van der Waals surface area contributed by atoms with Crippen LogP contribution < -0.4 is 10.5 Å². The SMILES string of the molecule is COCCN(C)Cc1cc(C(N)=S)ccc1OC. The molecule has 4 nitrogen and oxygen atoms in total. The van der Waals surface area contributed by atoms with Gasteiger partial charge in [0.25, 0.3) is 0 Å². The minimum atomic E-state index is 0.401. The first-order valence-corrected chi connectivity index (χ1v) is 6.13. The molecule has 0 amide bonds. The number of likely N-dealkylation sites (N-methyl/N-ethyl adjacent to an activating group) is 1. The topological polar surface area (TPSA) is 47.7 Å². The van der Waals surface area contributed by atoms with Crippen molar-refractivity contribution in [1.29, 1.82) is 0 Å². The molecule has 0 atom stereocenters. The van der Waals surface area contributed by atoms with Gasteiger partial charge in [0.15, 0.2) is 0 Å². The highest BCUT2D eigenvalue weighted by Gasteiger charge is 2.08. The molecule has 0 radical (unpaired) electrons. The molecule has 0 bridgehead atoms. The summed E-state index contributed by atoms with van der Waals surface area (Å²) < 4.78 is 10.4. The van der Waals surface area contributed by atoms with Crippen molar-refractivity contribution < 1.29 is 9.47 Å². The lowest BCUT2D eigenvalue weighted by molar-refractivity contribution is 0.158. The Kier molecular flexibility index (Phi) is 6.04. The van der Waals surface area contributed by atoms with E-state index in [4.69, 9.17) is 27.4 Å². The minimum absolute atomic E-state index is 0.401. The number of methoxy groups -OCH3 is 2. The normalized spacial score (nSPS) is 10.7. The highest BCUT2D eigenvalue weighted by Crippen LogP contribution is 2.21. The van der Waals surface area contributed by atoms with Gasteiger partial charge in [0.2, 0.25) is 0 Å². The predicted molar refractivity (Wildman–Crippen MR) is 77.1 cm³/mol. The largest absolute Gasteiger partial charge is 0.496 e. The van der Waals surface area contributed by atoms with Gasteiger partial charge in [0.05, 0.1) is 13.7 Å². The zero-order chi connectivity index (χ0) is 13.5. The first-order valence-electron chi connectivity index (χ1n) is 5.72. The Labute approximate surface area is 114 Å². The van der Waals surface area contributed by atoms with Crippen LogP contribution in [0.25, 0.3) is 0 Å². The molecule has 2 N–H and O–H groups in total. The average molecular weight is 268 g/mol. The molecule has 0 heterocycles. The monoisotopic (exact) mass is 268 g/mol. The van der Waals surface area contributed by atoms with Crippen molar-refractivity contribution in [1.82, 2.24) is 4.90 Å². The first kappa shape index (κ1) is 14.9. The van der Waals surface area contributed by atoms with Gasteiger partial charge in [-0.1, -0.05) is 12.2 Å². The highest BCUT2D eigenvalue weighted by molar-refractivity contribution is 7.80. The van der Waals surface area contributed by atoms with Crippen molar-refractivity contribution in [3.05, 3.63) is 29.3 Å². The highest BCUT2D eigenvalue weighted by atomic mass is 32.1. The molecule has 0 aliphatic heterocycles. The van der Waals surface area contributed by atoms with Crippen molar-refractivity contribution in [3.8, 4) is 5.75 Å². The van der Waals surface area contributed by atoms with E-state index < -0.39 is 0 Å². The van der Waals surface area contributed by atoms with Gasteiger partial charge in [0, 0.05) is 31.3 Å². The molecule has 0 aromatic heterocycles. The molecule has 0 saturated carbocycles. The molecule has 100 valence electrons. The van der Waals surface area contributed by atoms with Crippen LogP contribution in [0.5, 0.6) is 5.75 Å². The van der Waals surface area contributed by atoms with Crippen LogP contribution in [0.15, 0.2) is 18.2 Å². The second-order valence-electron chi connectivity index (χ2n) is 4.12. The third-order valence-corrected chi connectivity index (χ3v) is 2.92. The van der Waals surface area contributed by atoms with Crippen molar-refractivity contribution >= 4 is 17.2 Å². The third-order valence-electron chi connectivity index (χ3n) is 2.68. The number of nitrogens with two attached hydrogens (primary N) is 1. The molecule has 0 unspecified atom stereocenters. The Morgan fingerprint density at radius 2 is 2.11 bits per heavy atom. The van der Waals surface area contributed by atoms with Crippen LogP contribution in [0.2, 0.25) is 0 Å². The van der Waals surface area contributed by atoms with E-state index in [1.807, 2.05) is 25.2 Å².